The predicted octanol–water partition coefficient (Wildman–Crippen LogP) is 2.31. The molecule has 0 heterocycles. The van der Waals surface area contributed by atoms with E-state index >= 15 is 0 Å². The van der Waals surface area contributed by atoms with Gasteiger partial charge >= 0.3 is 0 Å². The number of benzene rings is 1. The average molecular weight is 219 g/mol. The lowest BCUT2D eigenvalue weighted by molar-refractivity contribution is 0.219. The molecule has 1 aromatic rings. The smallest absolute Gasteiger partial charge is 0.142 e. The molecule has 1 radical (unpaired) electrons. The van der Waals surface area contributed by atoms with Gasteiger partial charge in [0.2, 0.25) is 0 Å². The molecule has 0 saturated heterocycles. The zero-order valence-electron chi connectivity index (χ0n) is 9.74. The van der Waals surface area contributed by atoms with Gasteiger partial charge in [-0.2, -0.15) is 0 Å². The molecule has 1 aliphatic carbocycles. The van der Waals surface area contributed by atoms with Crippen LogP contribution in [-0.4, -0.2) is 21.3 Å². The molecule has 0 N–H and O–H groups in total. The minimum Gasteiger partial charge on any atom is -0.497 e. The van der Waals surface area contributed by atoms with E-state index in [1.54, 1.807) is 21.3 Å². The van der Waals surface area contributed by atoms with Crippen LogP contribution in [0.5, 0.6) is 5.75 Å². The highest BCUT2D eigenvalue weighted by Crippen LogP contribution is 2.30. The van der Waals surface area contributed by atoms with Crippen LogP contribution in [0, 0.1) is 6.42 Å². The molecule has 3 nitrogen and oxygen atoms in total. The van der Waals surface area contributed by atoms with E-state index < -0.39 is 0 Å². The molecule has 16 heavy (non-hydrogen) atoms. The van der Waals surface area contributed by atoms with Gasteiger partial charge in [0, 0.05) is 6.42 Å². The first-order chi connectivity index (χ1) is 7.78. The molecule has 85 valence electrons. The number of ether oxygens (including phenoxy) is 3. The Morgan fingerprint density at radius 1 is 1.00 bits per heavy atom. The van der Waals surface area contributed by atoms with E-state index in [-0.39, 0.29) is 0 Å². The van der Waals surface area contributed by atoms with Gasteiger partial charge < -0.3 is 14.2 Å². The van der Waals surface area contributed by atoms with E-state index in [0.29, 0.717) is 0 Å². The third-order valence-electron chi connectivity index (χ3n) is 2.73. The quantitative estimate of drug-likeness (QED) is 0.780. The Labute approximate surface area is 95.6 Å². The highest BCUT2D eigenvalue weighted by atomic mass is 16.5. The van der Waals surface area contributed by atoms with Crippen molar-refractivity contribution in [2.24, 2.45) is 0 Å². The number of rotatable bonds is 3. The van der Waals surface area contributed by atoms with E-state index in [2.05, 4.69) is 0 Å². The third-order valence-corrected chi connectivity index (χ3v) is 2.73. The third kappa shape index (κ3) is 1.85. The SMILES string of the molecule is COC1=C(OC)Cc2cc(OC)ccc2[CH]1. The Morgan fingerprint density at radius 2 is 1.81 bits per heavy atom. The Balaban J connectivity index is 2.34. The average Bonchev–Trinajstić information content (AvgIpc) is 2.36. The molecule has 1 aliphatic rings. The maximum atomic E-state index is 5.31. The van der Waals surface area contributed by atoms with Crippen LogP contribution in [0.1, 0.15) is 11.1 Å². The highest BCUT2D eigenvalue weighted by Gasteiger charge is 2.20. The fraction of sp³-hybridized carbons (Fsp3) is 0.308. The molecule has 0 aliphatic heterocycles. The minimum absolute atomic E-state index is 0.739. The second-order valence-corrected chi connectivity index (χ2v) is 3.58. The number of allylic oxidation sites excluding steroid dienone is 2. The Morgan fingerprint density at radius 3 is 2.44 bits per heavy atom. The molecule has 1 aromatic carbocycles. The van der Waals surface area contributed by atoms with Crippen molar-refractivity contribution < 1.29 is 14.2 Å². The van der Waals surface area contributed by atoms with E-state index in [9.17, 15) is 0 Å². The number of hydrogen-bond acceptors (Lipinski definition) is 3. The van der Waals surface area contributed by atoms with Crippen molar-refractivity contribution >= 4 is 0 Å². The van der Waals surface area contributed by atoms with Crippen LogP contribution in [-0.2, 0) is 15.9 Å². The van der Waals surface area contributed by atoms with Gasteiger partial charge in [-0.15, -0.1) is 0 Å². The van der Waals surface area contributed by atoms with Crippen molar-refractivity contribution in [2.45, 2.75) is 6.42 Å². The van der Waals surface area contributed by atoms with Crippen LogP contribution in [0.4, 0.5) is 0 Å². The molecule has 0 saturated carbocycles. The molecule has 0 atom stereocenters. The van der Waals surface area contributed by atoms with E-state index in [1.807, 2.05) is 24.6 Å². The van der Waals surface area contributed by atoms with Crippen LogP contribution in [0.3, 0.4) is 0 Å². The summed E-state index contributed by atoms with van der Waals surface area (Å²) < 4.78 is 15.8. The van der Waals surface area contributed by atoms with Crippen LogP contribution in [0.2, 0.25) is 0 Å². The van der Waals surface area contributed by atoms with Gasteiger partial charge in [-0.1, -0.05) is 6.07 Å². The summed E-state index contributed by atoms with van der Waals surface area (Å²) >= 11 is 0. The van der Waals surface area contributed by atoms with Gasteiger partial charge in [-0.25, -0.2) is 0 Å². The molecular formula is C13H15O3. The predicted molar refractivity (Wildman–Crippen MR) is 61.1 cm³/mol. The number of hydrogen-bond donors (Lipinski definition) is 0. The summed E-state index contributed by atoms with van der Waals surface area (Å²) in [7, 11) is 4.98. The molecule has 0 fully saturated rings. The number of methoxy groups -OCH3 is 3. The molecular weight excluding hydrogens is 204 g/mol. The number of fused-ring (bicyclic) bond motifs is 1. The molecule has 2 rings (SSSR count). The lowest BCUT2D eigenvalue weighted by atomic mass is 9.94. The first kappa shape index (κ1) is 10.9. The van der Waals surface area contributed by atoms with Gasteiger partial charge in [0.05, 0.1) is 27.8 Å². The summed E-state index contributed by atoms with van der Waals surface area (Å²) in [5.41, 5.74) is 2.34. The Bertz CT molecular complexity index is 421. The Kier molecular flexibility index (Phi) is 3.04. The highest BCUT2D eigenvalue weighted by molar-refractivity contribution is 5.48. The molecule has 0 aromatic heterocycles. The summed E-state index contributed by atoms with van der Waals surface area (Å²) in [6.45, 7) is 0. The van der Waals surface area contributed by atoms with Crippen LogP contribution >= 0.6 is 0 Å². The maximum absolute atomic E-state index is 5.31. The van der Waals surface area contributed by atoms with Crippen molar-refractivity contribution in [3.8, 4) is 5.75 Å². The summed E-state index contributed by atoms with van der Waals surface area (Å²) in [5.74, 6) is 2.51. The first-order valence-electron chi connectivity index (χ1n) is 5.11. The second kappa shape index (κ2) is 4.47. The van der Waals surface area contributed by atoms with E-state index in [0.717, 1.165) is 29.3 Å². The van der Waals surface area contributed by atoms with Crippen molar-refractivity contribution in [3.05, 3.63) is 47.3 Å². The zero-order valence-corrected chi connectivity index (χ0v) is 9.74. The van der Waals surface area contributed by atoms with E-state index in [4.69, 9.17) is 14.2 Å². The van der Waals surface area contributed by atoms with Gasteiger partial charge in [-0.05, 0) is 23.3 Å². The summed E-state index contributed by atoms with van der Waals surface area (Å²) in [4.78, 5) is 0. The molecule has 0 spiro atoms. The second-order valence-electron chi connectivity index (χ2n) is 3.58. The largest absolute Gasteiger partial charge is 0.497 e. The summed E-state index contributed by atoms with van der Waals surface area (Å²) in [6, 6.07) is 6.00. The molecule has 0 unspecified atom stereocenters. The lowest BCUT2D eigenvalue weighted by Gasteiger charge is -2.21. The fourth-order valence-corrected chi connectivity index (χ4v) is 1.83. The summed E-state index contributed by atoms with van der Waals surface area (Å²) in [6.07, 6.45) is 2.72. The molecule has 0 bridgehead atoms. The van der Waals surface area contributed by atoms with Gasteiger partial charge in [-0.3, -0.25) is 0 Å². The standard InChI is InChI=1S/C13H15O3/c1-14-11-5-4-9-7-12(15-2)13(16-3)8-10(9)6-11/h4-7H,8H2,1-3H3. The van der Waals surface area contributed by atoms with Gasteiger partial charge in [0.25, 0.3) is 0 Å². The van der Waals surface area contributed by atoms with Crippen molar-refractivity contribution in [2.75, 3.05) is 21.3 Å². The molecule has 0 amide bonds. The molecule has 3 heteroatoms. The van der Waals surface area contributed by atoms with Gasteiger partial charge in [0.15, 0.2) is 0 Å². The van der Waals surface area contributed by atoms with Crippen LogP contribution < -0.4 is 4.74 Å². The Hall–Kier alpha value is -1.64. The topological polar surface area (TPSA) is 27.7 Å². The summed E-state index contributed by atoms with van der Waals surface area (Å²) in [5, 5.41) is 0. The van der Waals surface area contributed by atoms with Crippen molar-refractivity contribution in [1.82, 2.24) is 0 Å². The first-order valence-corrected chi connectivity index (χ1v) is 5.11. The minimum atomic E-state index is 0.739. The monoisotopic (exact) mass is 219 g/mol. The zero-order chi connectivity index (χ0) is 11.5. The lowest BCUT2D eigenvalue weighted by Crippen LogP contribution is -2.10. The van der Waals surface area contributed by atoms with Crippen molar-refractivity contribution in [1.29, 1.82) is 0 Å². The fourth-order valence-electron chi connectivity index (χ4n) is 1.83. The van der Waals surface area contributed by atoms with Crippen molar-refractivity contribution in [3.63, 3.8) is 0 Å². The van der Waals surface area contributed by atoms with E-state index in [1.165, 1.54) is 5.56 Å². The maximum Gasteiger partial charge on any atom is 0.142 e. The van der Waals surface area contributed by atoms with Crippen LogP contribution in [0.25, 0.3) is 0 Å². The van der Waals surface area contributed by atoms with Gasteiger partial charge in [0.1, 0.15) is 17.3 Å². The van der Waals surface area contributed by atoms with Crippen LogP contribution in [0.15, 0.2) is 29.7 Å². The normalized spacial score (nSPS) is 14.4.